The van der Waals surface area contributed by atoms with Crippen LogP contribution in [0.4, 0.5) is 0 Å². The summed E-state index contributed by atoms with van der Waals surface area (Å²) >= 11 is 3.61. The average molecular weight is 1100 g/mol. The number of fused-ring (bicyclic) bond motifs is 18. The van der Waals surface area contributed by atoms with Gasteiger partial charge in [0, 0.05) is 77.5 Å². The van der Waals surface area contributed by atoms with E-state index in [1.807, 2.05) is 42.5 Å². The molecule has 0 spiro atoms. The van der Waals surface area contributed by atoms with E-state index in [2.05, 4.69) is 233 Å². The molecule has 0 atom stereocenters. The van der Waals surface area contributed by atoms with Crippen LogP contribution < -0.4 is 0 Å². The zero-order chi connectivity index (χ0) is 52.1. The molecule has 0 unspecified atom stereocenters. The smallest absolute Gasteiger partial charge is 0.159 e. The number of aromatic nitrogens is 1. The van der Waals surface area contributed by atoms with Gasteiger partial charge >= 0.3 is 0 Å². The quantitative estimate of drug-likeness (QED) is 0.177. The molecule has 0 radical (unpaired) electrons. The van der Waals surface area contributed by atoms with Crippen LogP contribution in [-0.2, 0) is 6.42 Å². The molecule has 12 aromatic carbocycles. The Bertz CT molecular complexity index is 5190. The van der Waals surface area contributed by atoms with Crippen LogP contribution in [-0.4, -0.2) is 4.57 Å². The van der Waals surface area contributed by atoms with Gasteiger partial charge in [0.1, 0.15) is 39.1 Å². The van der Waals surface area contributed by atoms with E-state index in [1.165, 1.54) is 44.1 Å². The van der Waals surface area contributed by atoms with Crippen LogP contribution in [0, 0.1) is 0 Å². The van der Waals surface area contributed by atoms with Gasteiger partial charge in [0.05, 0.1) is 21.2 Å². The van der Waals surface area contributed by atoms with Crippen LogP contribution in [0.15, 0.2) is 277 Å². The van der Waals surface area contributed by atoms with Gasteiger partial charge in [-0.05, 0) is 81.0 Å². The van der Waals surface area contributed by atoms with Gasteiger partial charge in [-0.15, -0.1) is 0 Å². The fraction of sp³-hybridized carbons (Fsp3) is 0.0270. The Hall–Kier alpha value is -9.88. The fourth-order valence-electron chi connectivity index (χ4n) is 12.4. The number of halogens is 1. The summed E-state index contributed by atoms with van der Waals surface area (Å²) in [4.78, 5) is 0. The molecule has 0 saturated carbocycles. The molecule has 6 heteroatoms. The van der Waals surface area contributed by atoms with Crippen LogP contribution in [0.3, 0.4) is 0 Å². The fourth-order valence-corrected chi connectivity index (χ4v) is 12.8. The Labute approximate surface area is 469 Å². The van der Waals surface area contributed by atoms with E-state index in [-0.39, 0.29) is 8.85 Å². The highest BCUT2D eigenvalue weighted by molar-refractivity contribution is 9.10. The second-order valence-corrected chi connectivity index (χ2v) is 21.1. The normalized spacial score (nSPS) is 11.9. The van der Waals surface area contributed by atoms with Gasteiger partial charge in [-0.3, -0.25) is 0 Å². The Morgan fingerprint density at radius 3 is 1.10 bits per heavy atom. The molecule has 5 nitrogen and oxygen atoms in total. The Kier molecular flexibility index (Phi) is 11.2. The van der Waals surface area contributed by atoms with E-state index in [1.54, 1.807) is 0 Å². The van der Waals surface area contributed by atoms with E-state index in [9.17, 15) is 0 Å². The van der Waals surface area contributed by atoms with Gasteiger partial charge in [-0.25, -0.2) is 0 Å². The average Bonchev–Trinajstić information content (AvgIpc) is 4.56. The molecular formula is C74H50BrNO4. The molecule has 5 heterocycles. The first-order chi connectivity index (χ1) is 39.1. The molecule has 80 heavy (non-hydrogen) atoms. The van der Waals surface area contributed by atoms with Crippen molar-refractivity contribution in [3.63, 3.8) is 0 Å². The number of hydrogen-bond donors (Lipinski definition) is 0. The highest BCUT2D eigenvalue weighted by atomic mass is 79.9. The van der Waals surface area contributed by atoms with Crippen LogP contribution in [0.1, 0.15) is 20.0 Å². The van der Waals surface area contributed by atoms with E-state index < -0.39 is 0 Å². The highest BCUT2D eigenvalue weighted by Gasteiger charge is 2.22. The molecule has 382 valence electrons. The molecule has 0 N–H and O–H groups in total. The van der Waals surface area contributed by atoms with E-state index in [0.717, 1.165) is 127 Å². The maximum atomic E-state index is 6.85. The minimum Gasteiger partial charge on any atom is -0.455 e. The molecule has 0 fully saturated rings. The molecule has 1 aliphatic rings. The molecule has 0 aliphatic heterocycles. The van der Waals surface area contributed by atoms with Crippen molar-refractivity contribution in [3.8, 4) is 39.1 Å². The Morgan fingerprint density at radius 1 is 0.275 bits per heavy atom. The number of furan rings is 4. The summed E-state index contributed by atoms with van der Waals surface area (Å²) in [7, 11) is 0. The Morgan fingerprint density at radius 2 is 0.600 bits per heavy atom. The van der Waals surface area contributed by atoms with Crippen molar-refractivity contribution in [3.05, 3.63) is 270 Å². The summed E-state index contributed by atoms with van der Waals surface area (Å²) in [6, 6.07) is 88.7. The summed E-state index contributed by atoms with van der Waals surface area (Å²) in [5.41, 5.74) is 20.3. The molecule has 1 aliphatic carbocycles. The van der Waals surface area contributed by atoms with Gasteiger partial charge in [-0.2, -0.15) is 0 Å². The van der Waals surface area contributed by atoms with Crippen LogP contribution in [0.5, 0.6) is 0 Å². The minimum atomic E-state index is 0. The van der Waals surface area contributed by atoms with Gasteiger partial charge in [0.15, 0.2) is 5.58 Å². The molecule has 5 aromatic heterocycles. The number of hydrogen-bond acceptors (Lipinski definition) is 4. The maximum Gasteiger partial charge on any atom is 0.159 e. The van der Waals surface area contributed by atoms with Crippen LogP contribution in [0.2, 0.25) is 0 Å². The van der Waals surface area contributed by atoms with Gasteiger partial charge in [0.2, 0.25) is 0 Å². The SMILES string of the molecule is Brc1cccc2c1oc1c(-c3cccc4c3oc3ccccc34)cccc12.C.[2HH].c1ccc2c(c1)Cc1ccccc1-2.c1ccc2c(c1)oc1c(-c3cccc4c3oc3c(-n5c6ccccc6c6ccccc65)cccc34)cccc12. The monoisotopic (exact) mass is 1100 g/mol. The maximum absolute atomic E-state index is 6.85. The van der Waals surface area contributed by atoms with Crippen molar-refractivity contribution >= 4 is 125 Å². The summed E-state index contributed by atoms with van der Waals surface area (Å²) in [5, 5.41) is 11.4. The zero-order valence-corrected chi connectivity index (χ0v) is 44.0. The van der Waals surface area contributed by atoms with Crippen molar-refractivity contribution in [2.45, 2.75) is 13.8 Å². The van der Waals surface area contributed by atoms with Crippen LogP contribution in [0.25, 0.3) is 149 Å². The predicted octanol–water partition coefficient (Wildman–Crippen LogP) is 22.3. The first-order valence-corrected chi connectivity index (χ1v) is 27.4. The molecular weight excluding hydrogens is 1050 g/mol. The first-order valence-electron chi connectivity index (χ1n) is 26.6. The third-order valence-electron chi connectivity index (χ3n) is 15.9. The number of rotatable bonds is 3. The molecule has 17 aromatic rings. The van der Waals surface area contributed by atoms with E-state index >= 15 is 0 Å². The summed E-state index contributed by atoms with van der Waals surface area (Å²) in [5.74, 6) is 0. The standard InChI is InChI=1S/C36H21NO2.C24H13BrO2.C13H10.CH4.H2/c1-4-18-30-22(10-1)23-11-2-5-19-31(23)37(30)32-20-9-17-29-28-16-8-15-27(35(28)39-36(29)32)26-14-7-13-25-24-12-3-6-21-33(24)38-34(25)26;25-20-12-5-11-19-18-10-4-9-17(23(18)27-24(19)20)16-8-3-7-15-14-6-1-2-13-21(14)26-22(15)16;1-3-7-12-10(5-1)9-11-6-2-4-8-13(11)12;;/h1-21H;1-13H;1-8H,9H2;1H4;1H/i;;;;1+1. The van der Waals surface area contributed by atoms with Crippen LogP contribution >= 0.6 is 15.9 Å². The highest BCUT2D eigenvalue weighted by Crippen LogP contribution is 2.45. The lowest BCUT2D eigenvalue weighted by Crippen LogP contribution is -1.93. The van der Waals surface area contributed by atoms with Crippen molar-refractivity contribution in [2.75, 3.05) is 0 Å². The summed E-state index contributed by atoms with van der Waals surface area (Å²) < 4.78 is 29.1. The predicted molar refractivity (Wildman–Crippen MR) is 338 cm³/mol. The second-order valence-electron chi connectivity index (χ2n) is 20.3. The van der Waals surface area contributed by atoms with Gasteiger partial charge in [-0.1, -0.05) is 226 Å². The van der Waals surface area contributed by atoms with E-state index in [4.69, 9.17) is 17.7 Å². The third kappa shape index (κ3) is 7.37. The second kappa shape index (κ2) is 18.9. The molecule has 0 amide bonds. The number of benzene rings is 12. The Balaban J connectivity index is 0.000000121. The van der Waals surface area contributed by atoms with Crippen molar-refractivity contribution in [2.24, 2.45) is 0 Å². The summed E-state index contributed by atoms with van der Waals surface area (Å²) in [6.07, 6.45) is 1.10. The number of nitrogens with zero attached hydrogens (tertiary/aromatic N) is 1. The van der Waals surface area contributed by atoms with Gasteiger partial charge in [0.25, 0.3) is 0 Å². The largest absolute Gasteiger partial charge is 0.455 e. The van der Waals surface area contributed by atoms with Crippen molar-refractivity contribution < 1.29 is 19.1 Å². The topological polar surface area (TPSA) is 57.5 Å². The molecule has 18 rings (SSSR count). The van der Waals surface area contributed by atoms with Crippen molar-refractivity contribution in [1.29, 1.82) is 0 Å². The molecule has 0 saturated heterocycles. The first kappa shape index (κ1) is 47.3. The minimum absolute atomic E-state index is 0. The number of para-hydroxylation sites is 10. The van der Waals surface area contributed by atoms with Crippen molar-refractivity contribution in [1.82, 2.24) is 4.57 Å². The lowest BCUT2D eigenvalue weighted by Gasteiger charge is -2.08. The molecule has 0 bridgehead atoms. The lowest BCUT2D eigenvalue weighted by molar-refractivity contribution is 0.663. The van der Waals surface area contributed by atoms with E-state index in [0.29, 0.717) is 0 Å². The summed E-state index contributed by atoms with van der Waals surface area (Å²) in [6.45, 7) is 0. The zero-order valence-electron chi connectivity index (χ0n) is 42.4. The van der Waals surface area contributed by atoms with Gasteiger partial charge < -0.3 is 22.2 Å². The lowest BCUT2D eigenvalue weighted by atomic mass is 10.00. The third-order valence-corrected chi connectivity index (χ3v) is 16.5.